The summed E-state index contributed by atoms with van der Waals surface area (Å²) in [5.74, 6) is 0.616. The van der Waals surface area contributed by atoms with Crippen LogP contribution in [-0.2, 0) is 29.2 Å². The number of aromatic nitrogens is 4. The van der Waals surface area contributed by atoms with Gasteiger partial charge in [0.05, 0.1) is 41.2 Å². The van der Waals surface area contributed by atoms with Crippen molar-refractivity contribution in [1.29, 1.82) is 0 Å². The molecule has 1 aliphatic rings. The number of hydrogen-bond acceptors (Lipinski definition) is 7. The zero-order chi connectivity index (χ0) is 46.3. The van der Waals surface area contributed by atoms with Crippen LogP contribution in [0.4, 0.5) is 5.69 Å². The molecule has 14 heteroatoms. The zero-order valence-electron chi connectivity index (χ0n) is 38.7. The number of rotatable bonds is 16. The number of hydrogen-bond donors (Lipinski definition) is 1. The van der Waals surface area contributed by atoms with E-state index in [1.807, 2.05) is 92.2 Å². The smallest absolute Gasteiger partial charge is 0.354 e. The molecule has 0 fully saturated rings. The molecule has 1 aliphatic heterocycles. The maximum absolute atomic E-state index is 15.6. The Balaban J connectivity index is 1.24. The van der Waals surface area contributed by atoms with Gasteiger partial charge in [-0.1, -0.05) is 79.2 Å². The molecule has 1 N–H and O–H groups in total. The quantitative estimate of drug-likeness (QED) is 0.0583. The molecular formula is C51H57Cl2N5O6Si. The van der Waals surface area contributed by atoms with Gasteiger partial charge >= 0.3 is 5.97 Å². The second-order valence-corrected chi connectivity index (χ2v) is 24.8. The molecule has 0 aliphatic carbocycles. The lowest BCUT2D eigenvalue weighted by molar-refractivity contribution is 0.0595. The highest BCUT2D eigenvalue weighted by atomic mass is 35.5. The number of nitrogens with zero attached hydrogens (tertiary/aromatic N) is 4. The number of ether oxygens (including phenoxy) is 4. The third-order valence-corrected chi connectivity index (χ3v) is 14.9. The molecule has 0 radical (unpaired) electrons. The van der Waals surface area contributed by atoms with E-state index in [1.165, 1.54) is 7.11 Å². The van der Waals surface area contributed by atoms with E-state index in [2.05, 4.69) is 43.0 Å². The number of methoxy groups -OCH3 is 1. The monoisotopic (exact) mass is 933 g/mol. The summed E-state index contributed by atoms with van der Waals surface area (Å²) < 4.78 is 28.1. The van der Waals surface area contributed by atoms with Crippen LogP contribution in [0.15, 0.2) is 72.8 Å². The minimum atomic E-state index is -1.28. The lowest BCUT2D eigenvalue weighted by atomic mass is 9.98. The standard InChI is InChI=1S/C51H57Cl2N5O6Si/c1-30-22-37(23-31(2)46(30)53)63-19-13-16-39-40-17-18-41(52)45(44-33(4)55-57(34(44)5)29-62-20-21-65(7,8)9)48(40)58-32(3)27-56(50(59)49(39)58)43-26-38(64-28-35-14-11-10-12-15-35)24-36-25-42(51(60)61-6)54-47(36)43/h10-12,14-15,17-18,22-26,32,54H,13,16,19-21,27-29H2,1-9H3/t32-/m1/s1. The first-order valence-electron chi connectivity index (χ1n) is 22.1. The number of carbonyl (C=O) groups excluding carboxylic acids is 2. The number of H-pyrrole nitrogens is 1. The van der Waals surface area contributed by atoms with E-state index in [1.54, 1.807) is 11.0 Å². The average molecular weight is 935 g/mol. The van der Waals surface area contributed by atoms with Crippen molar-refractivity contribution in [3.8, 4) is 22.6 Å². The Labute approximate surface area is 391 Å². The van der Waals surface area contributed by atoms with Gasteiger partial charge in [-0.15, -0.1) is 0 Å². The maximum Gasteiger partial charge on any atom is 0.354 e. The van der Waals surface area contributed by atoms with Crippen LogP contribution in [0.1, 0.15) is 74.0 Å². The van der Waals surface area contributed by atoms with Crippen LogP contribution in [0.25, 0.3) is 32.9 Å². The highest BCUT2D eigenvalue weighted by Crippen LogP contribution is 2.46. The summed E-state index contributed by atoms with van der Waals surface area (Å²) in [6.07, 6.45) is 1.17. The molecule has 340 valence electrons. The SMILES string of the molecule is COC(=O)c1cc2cc(OCc3ccccc3)cc(N3C[C@@H](C)n4c(c(CCCOc5cc(C)c(Cl)c(C)c5)c5ccc(Cl)c(-c6c(C)nn(COCC[Si](C)(C)C)c6C)c54)C3=O)c2[nH]1. The highest BCUT2D eigenvalue weighted by Gasteiger charge is 2.38. The van der Waals surface area contributed by atoms with Gasteiger partial charge in [0.25, 0.3) is 5.91 Å². The molecule has 0 unspecified atom stereocenters. The molecule has 1 amide bonds. The first-order valence-corrected chi connectivity index (χ1v) is 26.6. The number of halogens is 2. The Hall–Kier alpha value is -5.53. The lowest BCUT2D eigenvalue weighted by Gasteiger charge is -2.34. The fourth-order valence-corrected chi connectivity index (χ4v) is 10.1. The van der Waals surface area contributed by atoms with Gasteiger partial charge in [-0.25, -0.2) is 9.48 Å². The van der Waals surface area contributed by atoms with E-state index in [0.29, 0.717) is 79.0 Å². The Morgan fingerprint density at radius 1 is 0.908 bits per heavy atom. The maximum atomic E-state index is 15.6. The van der Waals surface area contributed by atoms with Crippen molar-refractivity contribution in [2.75, 3.05) is 31.8 Å². The summed E-state index contributed by atoms with van der Waals surface area (Å²) in [6, 6.07) is 24.1. The van der Waals surface area contributed by atoms with Crippen LogP contribution in [0.3, 0.4) is 0 Å². The van der Waals surface area contributed by atoms with Crippen LogP contribution in [-0.4, -0.2) is 66.2 Å². The number of nitrogens with one attached hydrogen (secondary N) is 1. The number of carbonyl (C=O) groups is 2. The third kappa shape index (κ3) is 9.32. The molecule has 0 saturated carbocycles. The van der Waals surface area contributed by atoms with Crippen LogP contribution in [0, 0.1) is 27.7 Å². The molecule has 0 spiro atoms. The summed E-state index contributed by atoms with van der Waals surface area (Å²) >= 11 is 13.8. The van der Waals surface area contributed by atoms with E-state index in [0.717, 1.165) is 72.5 Å². The number of anilines is 1. The van der Waals surface area contributed by atoms with Crippen molar-refractivity contribution in [2.24, 2.45) is 0 Å². The Kier molecular flexibility index (Phi) is 13.3. The van der Waals surface area contributed by atoms with Gasteiger partial charge in [-0.3, -0.25) is 4.79 Å². The fourth-order valence-electron chi connectivity index (χ4n) is 8.97. The minimum Gasteiger partial charge on any atom is -0.494 e. The fraction of sp³-hybridized carbons (Fsp3) is 0.353. The molecule has 11 nitrogen and oxygen atoms in total. The third-order valence-electron chi connectivity index (χ3n) is 12.3. The van der Waals surface area contributed by atoms with Crippen LogP contribution >= 0.6 is 23.2 Å². The molecule has 8 rings (SSSR count). The van der Waals surface area contributed by atoms with Gasteiger partial charge in [-0.2, -0.15) is 5.10 Å². The molecule has 0 bridgehead atoms. The summed E-state index contributed by atoms with van der Waals surface area (Å²) in [6.45, 7) is 19.2. The van der Waals surface area contributed by atoms with Gasteiger partial charge in [-0.05, 0) is 106 Å². The second-order valence-electron chi connectivity index (χ2n) is 18.4. The second kappa shape index (κ2) is 18.8. The van der Waals surface area contributed by atoms with E-state index in [4.69, 9.17) is 47.2 Å². The molecular weight excluding hydrogens is 878 g/mol. The summed E-state index contributed by atoms with van der Waals surface area (Å²) in [5.41, 5.74) is 10.3. The van der Waals surface area contributed by atoms with Crippen molar-refractivity contribution in [3.05, 3.63) is 128 Å². The number of fused-ring (bicyclic) bond motifs is 4. The van der Waals surface area contributed by atoms with Gasteiger partial charge < -0.3 is 33.4 Å². The number of amides is 1. The number of esters is 1. The first-order chi connectivity index (χ1) is 31.0. The number of aromatic amines is 1. The number of benzene rings is 4. The van der Waals surface area contributed by atoms with Crippen LogP contribution < -0.4 is 14.4 Å². The Bertz CT molecular complexity index is 2910. The van der Waals surface area contributed by atoms with E-state index >= 15 is 4.79 Å². The Morgan fingerprint density at radius 2 is 1.63 bits per heavy atom. The molecule has 0 saturated heterocycles. The molecule has 4 heterocycles. The topological polar surface area (TPSA) is 113 Å². The van der Waals surface area contributed by atoms with Crippen LogP contribution in [0.5, 0.6) is 11.5 Å². The van der Waals surface area contributed by atoms with Gasteiger partial charge in [0, 0.05) is 65.9 Å². The van der Waals surface area contributed by atoms with Crippen molar-refractivity contribution in [2.45, 2.75) is 92.5 Å². The minimum absolute atomic E-state index is 0.183. The van der Waals surface area contributed by atoms with E-state index in [-0.39, 0.29) is 17.6 Å². The highest BCUT2D eigenvalue weighted by molar-refractivity contribution is 6.76. The lowest BCUT2D eigenvalue weighted by Crippen LogP contribution is -2.42. The van der Waals surface area contributed by atoms with Gasteiger partial charge in [0.15, 0.2) is 0 Å². The van der Waals surface area contributed by atoms with Crippen LogP contribution in [0.2, 0.25) is 35.7 Å². The first kappa shape index (κ1) is 46.0. The predicted molar refractivity (Wildman–Crippen MR) is 263 cm³/mol. The average Bonchev–Trinajstić information content (AvgIpc) is 3.94. The summed E-state index contributed by atoms with van der Waals surface area (Å²) in [5, 5.41) is 7.91. The van der Waals surface area contributed by atoms with Crippen molar-refractivity contribution < 1.29 is 28.5 Å². The Morgan fingerprint density at radius 3 is 2.34 bits per heavy atom. The van der Waals surface area contributed by atoms with Gasteiger partial charge in [0.1, 0.15) is 36.2 Å². The largest absolute Gasteiger partial charge is 0.494 e. The van der Waals surface area contributed by atoms with E-state index < -0.39 is 14.0 Å². The molecule has 1 atom stereocenters. The molecule has 65 heavy (non-hydrogen) atoms. The zero-order valence-corrected chi connectivity index (χ0v) is 41.2. The molecule has 7 aromatic rings. The van der Waals surface area contributed by atoms with Gasteiger partial charge in [0.2, 0.25) is 0 Å². The van der Waals surface area contributed by atoms with Crippen molar-refractivity contribution >= 4 is 70.6 Å². The predicted octanol–water partition coefficient (Wildman–Crippen LogP) is 12.4. The van der Waals surface area contributed by atoms with Crippen molar-refractivity contribution in [1.82, 2.24) is 19.3 Å². The van der Waals surface area contributed by atoms with Crippen molar-refractivity contribution in [3.63, 3.8) is 0 Å². The van der Waals surface area contributed by atoms with E-state index in [9.17, 15) is 4.79 Å². The molecule has 3 aromatic heterocycles. The molecule has 4 aromatic carbocycles. The summed E-state index contributed by atoms with van der Waals surface area (Å²) in [7, 11) is 0.0705. The normalized spacial score (nSPS) is 14.1. The summed E-state index contributed by atoms with van der Waals surface area (Å²) in [4.78, 5) is 33.5. The number of aryl methyl sites for hydroxylation is 4.